The van der Waals surface area contributed by atoms with Crippen molar-refractivity contribution in [3.8, 4) is 0 Å². The molecule has 76 valence electrons. The first-order valence-electron chi connectivity index (χ1n) is 4.15. The van der Waals surface area contributed by atoms with Gasteiger partial charge < -0.3 is 4.42 Å². The van der Waals surface area contributed by atoms with E-state index in [2.05, 4.69) is 20.5 Å². The molecule has 0 unspecified atom stereocenters. The number of anilines is 1. The lowest BCUT2D eigenvalue weighted by Crippen LogP contribution is -1.94. The van der Waals surface area contributed by atoms with Crippen LogP contribution in [0.15, 0.2) is 40.3 Å². The lowest BCUT2D eigenvalue weighted by atomic mass is 10.5. The van der Waals surface area contributed by atoms with Crippen LogP contribution in [0.3, 0.4) is 0 Å². The van der Waals surface area contributed by atoms with Gasteiger partial charge in [0.25, 0.3) is 0 Å². The highest BCUT2D eigenvalue weighted by atomic mass is 35.5. The Morgan fingerprint density at radius 1 is 1.40 bits per heavy atom. The van der Waals surface area contributed by atoms with Crippen LogP contribution in [-0.4, -0.2) is 16.2 Å². The van der Waals surface area contributed by atoms with Crippen LogP contribution in [0.25, 0.3) is 0 Å². The molecule has 0 aliphatic carbocycles. The summed E-state index contributed by atoms with van der Waals surface area (Å²) in [5.41, 5.74) is 2.66. The predicted octanol–water partition coefficient (Wildman–Crippen LogP) is 2.17. The third-order valence-electron chi connectivity index (χ3n) is 1.56. The molecule has 2 rings (SSSR count). The Bertz CT molecular complexity index is 455. The smallest absolute Gasteiger partial charge is 0.184 e. The monoisotopic (exact) mass is 222 g/mol. The van der Waals surface area contributed by atoms with Crippen LogP contribution >= 0.6 is 11.6 Å². The molecule has 2 aromatic rings. The minimum atomic E-state index is 0.272. The second-order valence-corrected chi connectivity index (χ2v) is 2.94. The summed E-state index contributed by atoms with van der Waals surface area (Å²) in [7, 11) is 0. The van der Waals surface area contributed by atoms with E-state index in [-0.39, 0.29) is 5.15 Å². The van der Waals surface area contributed by atoms with Gasteiger partial charge in [0.2, 0.25) is 0 Å². The van der Waals surface area contributed by atoms with Crippen molar-refractivity contribution in [3.05, 3.63) is 41.7 Å². The van der Waals surface area contributed by atoms with Gasteiger partial charge in [-0.3, -0.25) is 5.43 Å². The molecule has 0 radical (unpaired) electrons. The number of hydrazone groups is 1. The normalized spacial score (nSPS) is 10.7. The van der Waals surface area contributed by atoms with E-state index in [0.717, 1.165) is 0 Å². The maximum Gasteiger partial charge on any atom is 0.184 e. The summed E-state index contributed by atoms with van der Waals surface area (Å²) in [5, 5.41) is 4.16. The zero-order chi connectivity index (χ0) is 10.5. The molecule has 0 aliphatic heterocycles. The number of hydrogen-bond donors (Lipinski definition) is 1. The van der Waals surface area contributed by atoms with Gasteiger partial charge in [0, 0.05) is 12.4 Å². The fourth-order valence-electron chi connectivity index (χ4n) is 0.918. The van der Waals surface area contributed by atoms with Gasteiger partial charge in [-0.25, -0.2) is 9.97 Å². The van der Waals surface area contributed by atoms with Crippen molar-refractivity contribution in [1.82, 2.24) is 9.97 Å². The van der Waals surface area contributed by atoms with Crippen LogP contribution in [-0.2, 0) is 0 Å². The van der Waals surface area contributed by atoms with Gasteiger partial charge in [0.05, 0.1) is 12.5 Å². The minimum absolute atomic E-state index is 0.272. The van der Waals surface area contributed by atoms with Gasteiger partial charge in [-0.1, -0.05) is 11.6 Å². The molecule has 0 aliphatic rings. The van der Waals surface area contributed by atoms with Crippen LogP contribution in [0.2, 0.25) is 5.15 Å². The lowest BCUT2D eigenvalue weighted by Gasteiger charge is -1.98. The van der Waals surface area contributed by atoms with E-state index in [0.29, 0.717) is 11.6 Å². The Labute approximate surface area is 90.8 Å². The average Bonchev–Trinajstić information content (AvgIpc) is 2.74. The van der Waals surface area contributed by atoms with Crippen molar-refractivity contribution < 1.29 is 4.42 Å². The van der Waals surface area contributed by atoms with Gasteiger partial charge in [-0.05, 0) is 12.1 Å². The number of aromatic nitrogens is 2. The molecular weight excluding hydrogens is 216 g/mol. The SMILES string of the molecule is Clc1nccnc1NN=Cc1ccco1. The molecule has 6 heteroatoms. The Balaban J connectivity index is 2.02. The van der Waals surface area contributed by atoms with E-state index in [1.807, 2.05) is 0 Å². The summed E-state index contributed by atoms with van der Waals surface area (Å²) in [6, 6.07) is 3.56. The molecule has 2 aromatic heterocycles. The number of nitrogens with one attached hydrogen (secondary N) is 1. The zero-order valence-corrected chi connectivity index (χ0v) is 8.35. The topological polar surface area (TPSA) is 63.3 Å². The number of halogens is 1. The number of furan rings is 1. The average molecular weight is 223 g/mol. The van der Waals surface area contributed by atoms with Gasteiger partial charge in [-0.15, -0.1) is 0 Å². The van der Waals surface area contributed by atoms with Crippen LogP contribution in [0.1, 0.15) is 5.76 Å². The molecule has 15 heavy (non-hydrogen) atoms. The fraction of sp³-hybridized carbons (Fsp3) is 0. The summed E-state index contributed by atoms with van der Waals surface area (Å²) in [6.07, 6.45) is 6.11. The molecule has 0 bridgehead atoms. The van der Waals surface area contributed by atoms with Gasteiger partial charge in [0.15, 0.2) is 11.0 Å². The molecule has 0 amide bonds. The molecule has 1 N–H and O–H groups in total. The first kappa shape index (κ1) is 9.67. The minimum Gasteiger partial charge on any atom is -0.463 e. The molecular formula is C9H7ClN4O. The molecule has 5 nitrogen and oxygen atoms in total. The van der Waals surface area contributed by atoms with Crippen molar-refractivity contribution in [3.63, 3.8) is 0 Å². The molecule has 2 heterocycles. The summed E-state index contributed by atoms with van der Waals surface area (Å²) in [6.45, 7) is 0. The maximum atomic E-state index is 5.75. The first-order valence-corrected chi connectivity index (χ1v) is 4.53. The van der Waals surface area contributed by atoms with Crippen LogP contribution in [0, 0.1) is 0 Å². The molecule has 0 fully saturated rings. The Morgan fingerprint density at radius 2 is 2.27 bits per heavy atom. The van der Waals surface area contributed by atoms with E-state index in [1.165, 1.54) is 18.6 Å². The molecule has 0 saturated carbocycles. The molecule has 0 atom stereocenters. The third kappa shape index (κ3) is 2.54. The van der Waals surface area contributed by atoms with Gasteiger partial charge >= 0.3 is 0 Å². The molecule has 0 spiro atoms. The van der Waals surface area contributed by atoms with E-state index >= 15 is 0 Å². The van der Waals surface area contributed by atoms with E-state index < -0.39 is 0 Å². The van der Waals surface area contributed by atoms with Crippen molar-refractivity contribution in [2.24, 2.45) is 5.10 Å². The summed E-state index contributed by atoms with van der Waals surface area (Å²) in [5.74, 6) is 1.05. The quantitative estimate of drug-likeness (QED) is 0.639. The highest BCUT2D eigenvalue weighted by Gasteiger charge is 1.98. The first-order chi connectivity index (χ1) is 7.36. The second kappa shape index (κ2) is 4.56. The van der Waals surface area contributed by atoms with Crippen LogP contribution in [0.4, 0.5) is 5.82 Å². The Kier molecular flexibility index (Phi) is 2.94. The van der Waals surface area contributed by atoms with E-state index in [9.17, 15) is 0 Å². The van der Waals surface area contributed by atoms with Crippen molar-refractivity contribution >= 4 is 23.6 Å². The van der Waals surface area contributed by atoms with Crippen LogP contribution < -0.4 is 5.43 Å². The number of hydrogen-bond acceptors (Lipinski definition) is 5. The second-order valence-electron chi connectivity index (χ2n) is 2.58. The Hall–Kier alpha value is -1.88. The molecule has 0 saturated heterocycles. The zero-order valence-electron chi connectivity index (χ0n) is 7.59. The number of nitrogens with zero attached hydrogens (tertiary/aromatic N) is 3. The lowest BCUT2D eigenvalue weighted by molar-refractivity contribution is 0.560. The van der Waals surface area contributed by atoms with Crippen LogP contribution in [0.5, 0.6) is 0 Å². The fourth-order valence-corrected chi connectivity index (χ4v) is 1.07. The van der Waals surface area contributed by atoms with Gasteiger partial charge in [0.1, 0.15) is 5.76 Å². The highest BCUT2D eigenvalue weighted by Crippen LogP contribution is 2.13. The molecule has 0 aromatic carbocycles. The van der Waals surface area contributed by atoms with Crippen molar-refractivity contribution in [2.45, 2.75) is 0 Å². The summed E-state index contributed by atoms with van der Waals surface area (Å²) in [4.78, 5) is 7.79. The van der Waals surface area contributed by atoms with Crippen molar-refractivity contribution in [1.29, 1.82) is 0 Å². The largest absolute Gasteiger partial charge is 0.463 e. The number of rotatable bonds is 3. The standard InChI is InChI=1S/C9H7ClN4O/c10-8-9(12-4-3-11-8)14-13-6-7-2-1-5-15-7/h1-6H,(H,12,14). The maximum absolute atomic E-state index is 5.75. The summed E-state index contributed by atoms with van der Waals surface area (Å²) >= 11 is 5.75. The predicted molar refractivity (Wildman–Crippen MR) is 57.0 cm³/mol. The summed E-state index contributed by atoms with van der Waals surface area (Å²) < 4.78 is 5.04. The third-order valence-corrected chi connectivity index (χ3v) is 1.84. The highest BCUT2D eigenvalue weighted by molar-refractivity contribution is 6.31. The Morgan fingerprint density at radius 3 is 3.00 bits per heavy atom. The van der Waals surface area contributed by atoms with E-state index in [1.54, 1.807) is 18.4 Å². The van der Waals surface area contributed by atoms with E-state index in [4.69, 9.17) is 16.0 Å². The van der Waals surface area contributed by atoms with Crippen molar-refractivity contribution in [2.75, 3.05) is 5.43 Å². The van der Waals surface area contributed by atoms with Gasteiger partial charge in [-0.2, -0.15) is 5.10 Å².